The molecule has 0 bridgehead atoms. The molecule has 1 amide bonds. The maximum absolute atomic E-state index is 13.9. The van der Waals surface area contributed by atoms with E-state index in [0.29, 0.717) is 50.9 Å². The summed E-state index contributed by atoms with van der Waals surface area (Å²) in [6.45, 7) is 0.117. The minimum Gasteiger partial charge on any atom is -0.497 e. The number of carbonyl (C=O) groups is 1. The minimum atomic E-state index is -0.649. The Morgan fingerprint density at radius 2 is 1.50 bits per heavy atom. The first-order valence-electron chi connectivity index (χ1n) is 12.0. The summed E-state index contributed by atoms with van der Waals surface area (Å²) in [5.41, 5.74) is 4.17. The van der Waals surface area contributed by atoms with Crippen molar-refractivity contribution in [1.82, 2.24) is 10.0 Å². The van der Waals surface area contributed by atoms with Gasteiger partial charge in [0.05, 0.1) is 40.7 Å². The van der Waals surface area contributed by atoms with E-state index in [0.717, 1.165) is 0 Å². The van der Waals surface area contributed by atoms with E-state index in [9.17, 15) is 14.9 Å². The van der Waals surface area contributed by atoms with E-state index in [1.54, 1.807) is 55.1 Å². The molecule has 0 aliphatic carbocycles. The highest BCUT2D eigenvalue weighted by Crippen LogP contribution is 2.42. The molecule has 0 saturated heterocycles. The van der Waals surface area contributed by atoms with E-state index >= 15 is 0 Å². The molecule has 0 fully saturated rings. The predicted octanol–water partition coefficient (Wildman–Crippen LogP) is 4.26. The SMILES string of the molecule is COc1ccc(-c2cc(-c3cc(OC)c(OC)c(OC)c3)c(C#N)c(=O)n2Cc2ccc(C(=O)NO)cc2)cc1. The molecule has 2 N–H and O–H groups in total. The second-order valence-electron chi connectivity index (χ2n) is 8.60. The molecule has 0 atom stereocenters. The molecule has 0 aliphatic heterocycles. The molecule has 0 saturated carbocycles. The van der Waals surface area contributed by atoms with Gasteiger partial charge in [-0.2, -0.15) is 5.26 Å². The lowest BCUT2D eigenvalue weighted by atomic mass is 9.97. The number of nitrogens with one attached hydrogen (secondary N) is 1. The number of hydrogen-bond acceptors (Lipinski definition) is 8. The summed E-state index contributed by atoms with van der Waals surface area (Å²) in [7, 11) is 6.04. The second-order valence-corrected chi connectivity index (χ2v) is 8.60. The molecule has 1 aromatic heterocycles. The third-order valence-electron chi connectivity index (χ3n) is 6.43. The van der Waals surface area contributed by atoms with E-state index in [-0.39, 0.29) is 17.7 Å². The molecule has 4 rings (SSSR count). The third-order valence-corrected chi connectivity index (χ3v) is 6.43. The van der Waals surface area contributed by atoms with Crippen molar-refractivity contribution in [3.05, 3.63) is 93.8 Å². The number of nitriles is 1. The number of benzene rings is 3. The van der Waals surface area contributed by atoms with Crippen LogP contribution in [0.25, 0.3) is 22.4 Å². The van der Waals surface area contributed by atoms with Crippen LogP contribution < -0.4 is 30.0 Å². The molecule has 10 heteroatoms. The van der Waals surface area contributed by atoms with Crippen LogP contribution in [0.5, 0.6) is 23.0 Å². The summed E-state index contributed by atoms with van der Waals surface area (Å²) in [4.78, 5) is 25.6. The quantitative estimate of drug-likeness (QED) is 0.237. The highest BCUT2D eigenvalue weighted by molar-refractivity contribution is 5.93. The second kappa shape index (κ2) is 12.1. The Kier molecular flexibility index (Phi) is 8.37. The molecular formula is C30H27N3O7. The predicted molar refractivity (Wildman–Crippen MR) is 147 cm³/mol. The number of amides is 1. The van der Waals surface area contributed by atoms with Gasteiger partial charge in [-0.05, 0) is 71.3 Å². The molecule has 0 radical (unpaired) electrons. The fourth-order valence-corrected chi connectivity index (χ4v) is 4.39. The largest absolute Gasteiger partial charge is 0.497 e. The van der Waals surface area contributed by atoms with E-state index in [1.807, 2.05) is 12.1 Å². The summed E-state index contributed by atoms with van der Waals surface area (Å²) in [5, 5.41) is 19.0. The van der Waals surface area contributed by atoms with Crippen molar-refractivity contribution in [2.24, 2.45) is 0 Å². The van der Waals surface area contributed by atoms with Crippen LogP contribution in [-0.2, 0) is 6.54 Å². The molecule has 4 aromatic rings. The Balaban J connectivity index is 1.96. The maximum atomic E-state index is 13.9. The number of pyridine rings is 1. The van der Waals surface area contributed by atoms with Gasteiger partial charge in [0.2, 0.25) is 5.75 Å². The van der Waals surface area contributed by atoms with Gasteiger partial charge < -0.3 is 23.5 Å². The summed E-state index contributed by atoms with van der Waals surface area (Å²) in [6, 6.07) is 20.8. The van der Waals surface area contributed by atoms with Crippen molar-refractivity contribution in [2.75, 3.05) is 28.4 Å². The average molecular weight is 542 g/mol. The number of methoxy groups -OCH3 is 4. The number of hydroxylamine groups is 1. The molecular weight excluding hydrogens is 514 g/mol. The van der Waals surface area contributed by atoms with E-state index in [2.05, 4.69) is 6.07 Å². The van der Waals surface area contributed by atoms with Crippen LogP contribution in [0, 0.1) is 11.3 Å². The molecule has 40 heavy (non-hydrogen) atoms. The normalized spacial score (nSPS) is 10.4. The highest BCUT2D eigenvalue weighted by Gasteiger charge is 2.21. The number of carbonyl (C=O) groups excluding carboxylic acids is 1. The van der Waals surface area contributed by atoms with Gasteiger partial charge in [-0.1, -0.05) is 12.1 Å². The zero-order valence-electron chi connectivity index (χ0n) is 22.3. The number of nitrogens with zero attached hydrogens (tertiary/aromatic N) is 2. The fourth-order valence-electron chi connectivity index (χ4n) is 4.39. The lowest BCUT2D eigenvalue weighted by Crippen LogP contribution is -2.26. The van der Waals surface area contributed by atoms with Crippen molar-refractivity contribution in [3.63, 3.8) is 0 Å². The Morgan fingerprint density at radius 1 is 0.875 bits per heavy atom. The van der Waals surface area contributed by atoms with Crippen molar-refractivity contribution >= 4 is 5.91 Å². The van der Waals surface area contributed by atoms with Crippen LogP contribution in [0.15, 0.2) is 71.5 Å². The van der Waals surface area contributed by atoms with Gasteiger partial charge in [-0.25, -0.2) is 5.48 Å². The van der Waals surface area contributed by atoms with Gasteiger partial charge in [-0.3, -0.25) is 14.8 Å². The van der Waals surface area contributed by atoms with Crippen LogP contribution >= 0.6 is 0 Å². The molecule has 1 heterocycles. The molecule has 0 spiro atoms. The summed E-state index contributed by atoms with van der Waals surface area (Å²) in [5.74, 6) is 1.14. The van der Waals surface area contributed by atoms with Crippen molar-refractivity contribution in [1.29, 1.82) is 5.26 Å². The Bertz CT molecular complexity index is 1610. The number of rotatable bonds is 9. The van der Waals surface area contributed by atoms with Crippen LogP contribution in [0.1, 0.15) is 21.5 Å². The Labute approximate surface area is 230 Å². The van der Waals surface area contributed by atoms with E-state index in [1.165, 1.54) is 38.0 Å². The third kappa shape index (κ3) is 5.32. The van der Waals surface area contributed by atoms with Gasteiger partial charge in [0.15, 0.2) is 11.5 Å². The average Bonchev–Trinajstić information content (AvgIpc) is 3.00. The molecule has 10 nitrogen and oxygen atoms in total. The highest BCUT2D eigenvalue weighted by atomic mass is 16.5. The first-order valence-corrected chi connectivity index (χ1v) is 12.0. The monoisotopic (exact) mass is 541 g/mol. The first-order chi connectivity index (χ1) is 19.4. The number of ether oxygens (including phenoxy) is 4. The van der Waals surface area contributed by atoms with Gasteiger partial charge in [0.25, 0.3) is 11.5 Å². The summed E-state index contributed by atoms with van der Waals surface area (Å²) < 4.78 is 23.2. The lowest BCUT2D eigenvalue weighted by molar-refractivity contribution is 0.0706. The fraction of sp³-hybridized carbons (Fsp3) is 0.167. The Morgan fingerprint density at radius 3 is 2.00 bits per heavy atom. The Hall–Kier alpha value is -5.27. The van der Waals surface area contributed by atoms with Gasteiger partial charge in [0, 0.05) is 11.1 Å². The molecule has 204 valence electrons. The smallest absolute Gasteiger partial charge is 0.274 e. The first kappa shape index (κ1) is 27.8. The minimum absolute atomic E-state index is 0.0668. The van der Waals surface area contributed by atoms with Gasteiger partial charge >= 0.3 is 0 Å². The topological polar surface area (TPSA) is 132 Å². The van der Waals surface area contributed by atoms with Crippen molar-refractivity contribution in [2.45, 2.75) is 6.54 Å². The lowest BCUT2D eigenvalue weighted by Gasteiger charge is -2.19. The van der Waals surface area contributed by atoms with Gasteiger partial charge in [-0.15, -0.1) is 0 Å². The van der Waals surface area contributed by atoms with Crippen molar-refractivity contribution in [3.8, 4) is 51.5 Å². The van der Waals surface area contributed by atoms with Crippen LogP contribution in [0.2, 0.25) is 0 Å². The van der Waals surface area contributed by atoms with E-state index < -0.39 is 11.5 Å². The number of hydrogen-bond donors (Lipinski definition) is 2. The zero-order valence-corrected chi connectivity index (χ0v) is 22.3. The maximum Gasteiger partial charge on any atom is 0.274 e. The molecule has 3 aromatic carbocycles. The van der Waals surface area contributed by atoms with Crippen molar-refractivity contribution < 1.29 is 28.9 Å². The standard InChI is InChI=1S/C30H27N3O7/c1-37-22-11-9-19(10-12-22)25-15-23(21-13-26(38-2)28(40-4)27(14-21)39-3)24(16-31)30(35)33(25)17-18-5-7-20(8-6-18)29(34)32-36/h5-15,36H,17H2,1-4H3,(H,32,34). The van der Waals surface area contributed by atoms with Crippen LogP contribution in [-0.4, -0.2) is 44.1 Å². The summed E-state index contributed by atoms with van der Waals surface area (Å²) >= 11 is 0. The molecule has 0 aliphatic rings. The number of aromatic nitrogens is 1. The van der Waals surface area contributed by atoms with E-state index in [4.69, 9.17) is 24.2 Å². The molecule has 0 unspecified atom stereocenters. The summed E-state index contributed by atoms with van der Waals surface area (Å²) in [6.07, 6.45) is 0. The van der Waals surface area contributed by atoms with Gasteiger partial charge in [0.1, 0.15) is 17.4 Å². The zero-order chi connectivity index (χ0) is 28.8. The van der Waals surface area contributed by atoms with Crippen LogP contribution in [0.4, 0.5) is 0 Å². The van der Waals surface area contributed by atoms with Crippen LogP contribution in [0.3, 0.4) is 0 Å².